The third kappa shape index (κ3) is 2.11. The van der Waals surface area contributed by atoms with Gasteiger partial charge < -0.3 is 5.32 Å². The van der Waals surface area contributed by atoms with Crippen LogP contribution in [-0.4, -0.2) is 15.5 Å². The van der Waals surface area contributed by atoms with E-state index in [-0.39, 0.29) is 0 Å². The fraction of sp³-hybridized carbons (Fsp3) is 0. The summed E-state index contributed by atoms with van der Waals surface area (Å²) in [6.45, 7) is 0. The molecule has 0 spiro atoms. The largest absolute Gasteiger partial charge is 0.322 e. The van der Waals surface area contributed by atoms with Crippen LogP contribution in [0.4, 0.5) is 14.5 Å². The summed E-state index contributed by atoms with van der Waals surface area (Å²) in [5, 5.41) is 6.47. The quantitative estimate of drug-likeness (QED) is 0.780. The topological polar surface area (TPSA) is 46.4 Å². The molecule has 2 aromatic heterocycles. The van der Waals surface area contributed by atoms with Crippen LogP contribution < -0.4 is 5.32 Å². The number of nitrogens with one attached hydrogen (secondary N) is 1. The number of hydrogen-bond donors (Lipinski definition) is 1. The molecule has 0 saturated heterocycles. The van der Waals surface area contributed by atoms with Crippen molar-refractivity contribution in [2.75, 3.05) is 5.32 Å². The molecule has 0 aliphatic carbocycles. The van der Waals surface area contributed by atoms with E-state index in [2.05, 4.69) is 10.4 Å². The summed E-state index contributed by atoms with van der Waals surface area (Å²) in [7, 11) is 0. The number of fused-ring (bicyclic) bond motifs is 1. The second-order valence-electron chi connectivity index (χ2n) is 4.17. The van der Waals surface area contributed by atoms with Gasteiger partial charge in [0, 0.05) is 18.1 Å². The highest BCUT2D eigenvalue weighted by molar-refractivity contribution is 6.04. The summed E-state index contributed by atoms with van der Waals surface area (Å²) >= 11 is 0. The van der Waals surface area contributed by atoms with Crippen molar-refractivity contribution in [3.63, 3.8) is 0 Å². The molecule has 0 fully saturated rings. The number of rotatable bonds is 2. The van der Waals surface area contributed by atoms with Crippen LogP contribution in [0.3, 0.4) is 0 Å². The second kappa shape index (κ2) is 4.73. The Kier molecular flexibility index (Phi) is 2.90. The molecular weight excluding hydrogens is 264 g/mol. The van der Waals surface area contributed by atoms with Crippen molar-refractivity contribution in [1.29, 1.82) is 0 Å². The maximum atomic E-state index is 13.5. The molecule has 4 nitrogen and oxygen atoms in total. The molecule has 0 bridgehead atoms. The monoisotopic (exact) mass is 273 g/mol. The molecule has 3 rings (SSSR count). The highest BCUT2D eigenvalue weighted by Crippen LogP contribution is 2.16. The van der Waals surface area contributed by atoms with Gasteiger partial charge in [-0.3, -0.25) is 4.79 Å². The zero-order chi connectivity index (χ0) is 14.1. The van der Waals surface area contributed by atoms with E-state index < -0.39 is 23.1 Å². The minimum absolute atomic E-state index is 0.436. The smallest absolute Gasteiger partial charge is 0.261 e. The fourth-order valence-electron chi connectivity index (χ4n) is 1.91. The summed E-state index contributed by atoms with van der Waals surface area (Å²) < 4.78 is 28.6. The van der Waals surface area contributed by atoms with Gasteiger partial charge in [-0.2, -0.15) is 5.10 Å². The van der Waals surface area contributed by atoms with E-state index in [0.29, 0.717) is 5.69 Å². The van der Waals surface area contributed by atoms with Crippen molar-refractivity contribution >= 4 is 17.1 Å². The first-order valence-electron chi connectivity index (χ1n) is 5.84. The molecule has 2 heterocycles. The molecular formula is C14H9F2N3O. The van der Waals surface area contributed by atoms with Crippen LogP contribution in [0.5, 0.6) is 0 Å². The summed E-state index contributed by atoms with van der Waals surface area (Å²) in [6, 6.07) is 8.29. The number of anilines is 1. The molecule has 0 atom stereocenters. The maximum Gasteiger partial charge on any atom is 0.261 e. The van der Waals surface area contributed by atoms with Crippen LogP contribution in [0.15, 0.2) is 48.8 Å². The lowest BCUT2D eigenvalue weighted by atomic mass is 10.2. The third-order valence-electron chi connectivity index (χ3n) is 2.85. The Morgan fingerprint density at radius 1 is 1.15 bits per heavy atom. The van der Waals surface area contributed by atoms with Crippen LogP contribution in [0.1, 0.15) is 10.4 Å². The molecule has 0 aliphatic rings. The van der Waals surface area contributed by atoms with Crippen molar-refractivity contribution in [2.24, 2.45) is 0 Å². The molecule has 0 radical (unpaired) electrons. The molecule has 3 aromatic rings. The number of amides is 1. The van der Waals surface area contributed by atoms with Crippen molar-refractivity contribution < 1.29 is 13.6 Å². The SMILES string of the molecule is O=C(Nc1ccn2nccc2c1)c1c(F)cccc1F. The van der Waals surface area contributed by atoms with Crippen LogP contribution in [0.2, 0.25) is 0 Å². The lowest BCUT2D eigenvalue weighted by molar-refractivity contribution is 0.101. The predicted octanol–water partition coefficient (Wildman–Crippen LogP) is 2.86. The number of carbonyl (C=O) groups excluding carboxylic acids is 1. The number of halogens is 2. The van der Waals surface area contributed by atoms with Crippen LogP contribution in [0.25, 0.3) is 5.52 Å². The predicted molar refractivity (Wildman–Crippen MR) is 69.5 cm³/mol. The zero-order valence-corrected chi connectivity index (χ0v) is 10.2. The van der Waals surface area contributed by atoms with Crippen molar-refractivity contribution in [3.05, 3.63) is 66.0 Å². The van der Waals surface area contributed by atoms with Gasteiger partial charge in [0.1, 0.15) is 17.2 Å². The summed E-state index contributed by atoms with van der Waals surface area (Å²) in [6.07, 6.45) is 3.25. The Balaban J connectivity index is 1.92. The lowest BCUT2D eigenvalue weighted by Crippen LogP contribution is -2.15. The number of aromatic nitrogens is 2. The Morgan fingerprint density at radius 2 is 1.90 bits per heavy atom. The van der Waals surface area contributed by atoms with Gasteiger partial charge in [0.25, 0.3) is 5.91 Å². The standard InChI is InChI=1S/C14H9F2N3O/c15-11-2-1-3-12(16)13(11)14(20)18-9-5-7-19-10(8-9)4-6-17-19/h1-8H,(H,18,20). The van der Waals surface area contributed by atoms with E-state index in [1.54, 1.807) is 35.1 Å². The van der Waals surface area contributed by atoms with Crippen LogP contribution in [-0.2, 0) is 0 Å². The molecule has 20 heavy (non-hydrogen) atoms. The minimum atomic E-state index is -0.895. The number of carbonyl (C=O) groups is 1. The van der Waals surface area contributed by atoms with Gasteiger partial charge in [0.2, 0.25) is 0 Å². The average molecular weight is 273 g/mol. The van der Waals surface area contributed by atoms with E-state index in [1.165, 1.54) is 6.07 Å². The van der Waals surface area contributed by atoms with Crippen molar-refractivity contribution in [1.82, 2.24) is 9.61 Å². The number of benzene rings is 1. The number of hydrogen-bond acceptors (Lipinski definition) is 2. The zero-order valence-electron chi connectivity index (χ0n) is 10.2. The van der Waals surface area contributed by atoms with Gasteiger partial charge >= 0.3 is 0 Å². The van der Waals surface area contributed by atoms with Crippen molar-refractivity contribution in [2.45, 2.75) is 0 Å². The van der Waals surface area contributed by atoms with Gasteiger partial charge in [-0.05, 0) is 30.3 Å². The van der Waals surface area contributed by atoms with E-state index in [0.717, 1.165) is 17.6 Å². The fourth-order valence-corrected chi connectivity index (χ4v) is 1.91. The first kappa shape index (κ1) is 12.3. The summed E-state index contributed by atoms with van der Waals surface area (Å²) in [5.41, 5.74) is 0.600. The molecule has 6 heteroatoms. The second-order valence-corrected chi connectivity index (χ2v) is 4.17. The molecule has 1 amide bonds. The van der Waals surface area contributed by atoms with E-state index in [4.69, 9.17) is 0 Å². The maximum absolute atomic E-state index is 13.5. The normalized spacial score (nSPS) is 10.7. The van der Waals surface area contributed by atoms with Gasteiger partial charge in [0.05, 0.1) is 5.52 Å². The van der Waals surface area contributed by atoms with Crippen LogP contribution >= 0.6 is 0 Å². The minimum Gasteiger partial charge on any atom is -0.322 e. The molecule has 100 valence electrons. The third-order valence-corrected chi connectivity index (χ3v) is 2.85. The Hall–Kier alpha value is -2.76. The van der Waals surface area contributed by atoms with Gasteiger partial charge in [-0.15, -0.1) is 0 Å². The Labute approximate surface area is 112 Å². The Bertz CT molecular complexity index is 778. The lowest BCUT2D eigenvalue weighted by Gasteiger charge is -2.07. The molecule has 0 unspecified atom stereocenters. The number of nitrogens with zero attached hydrogens (tertiary/aromatic N) is 2. The summed E-state index contributed by atoms with van der Waals surface area (Å²) in [4.78, 5) is 11.9. The molecule has 0 saturated carbocycles. The number of pyridine rings is 1. The highest BCUT2D eigenvalue weighted by Gasteiger charge is 2.17. The van der Waals surface area contributed by atoms with E-state index in [1.807, 2.05) is 0 Å². The molecule has 1 aromatic carbocycles. The summed E-state index contributed by atoms with van der Waals surface area (Å²) in [5.74, 6) is -2.62. The highest BCUT2D eigenvalue weighted by atomic mass is 19.1. The van der Waals surface area contributed by atoms with Crippen LogP contribution in [0, 0.1) is 11.6 Å². The van der Waals surface area contributed by atoms with E-state index in [9.17, 15) is 13.6 Å². The molecule has 1 N–H and O–H groups in total. The average Bonchev–Trinajstić information content (AvgIpc) is 2.85. The van der Waals surface area contributed by atoms with Gasteiger partial charge in [0.15, 0.2) is 0 Å². The van der Waals surface area contributed by atoms with Gasteiger partial charge in [-0.25, -0.2) is 13.3 Å². The van der Waals surface area contributed by atoms with Gasteiger partial charge in [-0.1, -0.05) is 6.07 Å². The molecule has 0 aliphatic heterocycles. The first-order chi connectivity index (χ1) is 9.65. The first-order valence-corrected chi connectivity index (χ1v) is 5.84. The van der Waals surface area contributed by atoms with E-state index >= 15 is 0 Å². The van der Waals surface area contributed by atoms with Crippen molar-refractivity contribution in [3.8, 4) is 0 Å². The Morgan fingerprint density at radius 3 is 2.65 bits per heavy atom.